The highest BCUT2D eigenvalue weighted by Gasteiger charge is 2.44. The van der Waals surface area contributed by atoms with Crippen LogP contribution in [0, 0.1) is 0 Å². The smallest absolute Gasteiger partial charge is 0.331 e. The molecule has 1 aromatic carbocycles. The maximum atomic E-state index is 11.7. The van der Waals surface area contributed by atoms with Gasteiger partial charge in [-0.1, -0.05) is 30.3 Å². The van der Waals surface area contributed by atoms with Gasteiger partial charge < -0.3 is 24.8 Å². The van der Waals surface area contributed by atoms with E-state index in [1.807, 2.05) is 30.3 Å². The standard InChI is InChI=1S/C15H18O6/c1-9-12(17)14(13(18)15(19)20-9)21-11(16)8-7-10-5-3-2-4-6-10/h2-9,12-15,17-19H,1H3/t9-,12-,13+,14+,15+/m0/s1. The topological polar surface area (TPSA) is 96.2 Å². The van der Waals surface area contributed by atoms with Crippen LogP contribution in [0.3, 0.4) is 0 Å². The average Bonchev–Trinajstić information content (AvgIpc) is 2.48. The van der Waals surface area contributed by atoms with Crippen molar-refractivity contribution in [3.63, 3.8) is 0 Å². The van der Waals surface area contributed by atoms with Crippen LogP contribution in [-0.4, -0.2) is 52.0 Å². The number of rotatable bonds is 3. The Balaban J connectivity index is 1.99. The first kappa shape index (κ1) is 15.7. The molecule has 1 aliphatic heterocycles. The molecular weight excluding hydrogens is 276 g/mol. The van der Waals surface area contributed by atoms with E-state index in [9.17, 15) is 20.1 Å². The van der Waals surface area contributed by atoms with Crippen LogP contribution in [0.1, 0.15) is 12.5 Å². The van der Waals surface area contributed by atoms with Crippen LogP contribution in [0.2, 0.25) is 0 Å². The Bertz CT molecular complexity index is 486. The third kappa shape index (κ3) is 3.89. The van der Waals surface area contributed by atoms with E-state index in [2.05, 4.69) is 0 Å². The molecule has 0 saturated carbocycles. The minimum Gasteiger partial charge on any atom is -0.453 e. The van der Waals surface area contributed by atoms with Crippen LogP contribution >= 0.6 is 0 Å². The van der Waals surface area contributed by atoms with Gasteiger partial charge in [0.25, 0.3) is 0 Å². The minimum absolute atomic E-state index is 0.719. The van der Waals surface area contributed by atoms with Crippen molar-refractivity contribution in [2.45, 2.75) is 37.6 Å². The fraction of sp³-hybridized carbons (Fsp3) is 0.400. The number of benzene rings is 1. The normalized spacial score (nSPS) is 33.0. The maximum absolute atomic E-state index is 11.7. The molecule has 1 heterocycles. The molecule has 0 radical (unpaired) electrons. The monoisotopic (exact) mass is 294 g/mol. The molecule has 1 aromatic rings. The molecule has 0 spiro atoms. The molecular formula is C15H18O6. The summed E-state index contributed by atoms with van der Waals surface area (Å²) < 4.78 is 9.91. The molecule has 114 valence electrons. The Morgan fingerprint density at radius 3 is 2.52 bits per heavy atom. The molecule has 5 atom stereocenters. The van der Waals surface area contributed by atoms with E-state index in [1.54, 1.807) is 6.08 Å². The average molecular weight is 294 g/mol. The molecule has 21 heavy (non-hydrogen) atoms. The third-order valence-corrected chi connectivity index (χ3v) is 3.26. The second-order valence-electron chi connectivity index (χ2n) is 4.86. The molecule has 0 bridgehead atoms. The predicted octanol–water partition coefficient (Wildman–Crippen LogP) is 0.0705. The molecule has 0 aliphatic carbocycles. The van der Waals surface area contributed by atoms with Gasteiger partial charge in [-0.05, 0) is 18.6 Å². The number of hydrogen-bond donors (Lipinski definition) is 3. The largest absolute Gasteiger partial charge is 0.453 e. The number of ether oxygens (including phenoxy) is 2. The predicted molar refractivity (Wildman–Crippen MR) is 73.9 cm³/mol. The van der Waals surface area contributed by atoms with Gasteiger partial charge in [-0.3, -0.25) is 0 Å². The highest BCUT2D eigenvalue weighted by Crippen LogP contribution is 2.22. The van der Waals surface area contributed by atoms with Crippen LogP contribution < -0.4 is 0 Å². The first-order valence-electron chi connectivity index (χ1n) is 6.62. The molecule has 2 rings (SSSR count). The summed E-state index contributed by atoms with van der Waals surface area (Å²) in [6, 6.07) is 9.14. The highest BCUT2D eigenvalue weighted by atomic mass is 16.6. The third-order valence-electron chi connectivity index (χ3n) is 3.26. The van der Waals surface area contributed by atoms with Gasteiger partial charge in [0.1, 0.15) is 12.2 Å². The number of carbonyl (C=O) groups excluding carboxylic acids is 1. The van der Waals surface area contributed by atoms with Gasteiger partial charge in [0, 0.05) is 6.08 Å². The summed E-state index contributed by atoms with van der Waals surface area (Å²) in [6.45, 7) is 1.51. The molecule has 6 nitrogen and oxygen atoms in total. The van der Waals surface area contributed by atoms with Gasteiger partial charge in [-0.15, -0.1) is 0 Å². The maximum Gasteiger partial charge on any atom is 0.331 e. The van der Waals surface area contributed by atoms with Crippen molar-refractivity contribution in [1.82, 2.24) is 0 Å². The van der Waals surface area contributed by atoms with Crippen molar-refractivity contribution in [3.05, 3.63) is 42.0 Å². The molecule has 0 amide bonds. The van der Waals surface area contributed by atoms with Gasteiger partial charge in [0.15, 0.2) is 12.4 Å². The van der Waals surface area contributed by atoms with E-state index >= 15 is 0 Å². The lowest BCUT2D eigenvalue weighted by molar-refractivity contribution is -0.280. The number of carbonyl (C=O) groups is 1. The van der Waals surface area contributed by atoms with Gasteiger partial charge in [-0.2, -0.15) is 0 Å². The Labute approximate surface area is 122 Å². The zero-order valence-corrected chi connectivity index (χ0v) is 11.5. The van der Waals surface area contributed by atoms with E-state index in [1.165, 1.54) is 13.0 Å². The number of aliphatic hydroxyl groups excluding tert-OH is 3. The Kier molecular flexibility index (Phi) is 5.08. The fourth-order valence-corrected chi connectivity index (χ4v) is 2.05. The summed E-state index contributed by atoms with van der Waals surface area (Å²) in [5.41, 5.74) is 0.816. The molecule has 1 fully saturated rings. The van der Waals surface area contributed by atoms with Crippen LogP contribution in [-0.2, 0) is 14.3 Å². The van der Waals surface area contributed by atoms with Crippen LogP contribution in [0.4, 0.5) is 0 Å². The summed E-state index contributed by atoms with van der Waals surface area (Å²) in [7, 11) is 0. The highest BCUT2D eigenvalue weighted by molar-refractivity contribution is 5.87. The zero-order chi connectivity index (χ0) is 15.4. The van der Waals surface area contributed by atoms with Gasteiger partial charge in [-0.25, -0.2) is 4.79 Å². The quantitative estimate of drug-likeness (QED) is 0.539. The molecule has 6 heteroatoms. The van der Waals surface area contributed by atoms with E-state index in [0.717, 1.165) is 5.56 Å². The summed E-state index contributed by atoms with van der Waals surface area (Å²) in [5.74, 6) is -0.719. The van der Waals surface area contributed by atoms with E-state index in [-0.39, 0.29) is 0 Å². The second-order valence-corrected chi connectivity index (χ2v) is 4.86. The van der Waals surface area contributed by atoms with Crippen molar-refractivity contribution in [3.8, 4) is 0 Å². The molecule has 1 aliphatic rings. The molecule has 1 saturated heterocycles. The summed E-state index contributed by atoms with van der Waals surface area (Å²) >= 11 is 0. The summed E-state index contributed by atoms with van der Waals surface area (Å²) in [4.78, 5) is 11.7. The summed E-state index contributed by atoms with van der Waals surface area (Å²) in [5, 5.41) is 29.1. The van der Waals surface area contributed by atoms with Crippen LogP contribution in [0.25, 0.3) is 6.08 Å². The van der Waals surface area contributed by atoms with Crippen LogP contribution in [0.15, 0.2) is 36.4 Å². The number of hydrogen-bond acceptors (Lipinski definition) is 6. The first-order chi connectivity index (χ1) is 9.99. The minimum atomic E-state index is -1.50. The van der Waals surface area contributed by atoms with Crippen molar-refractivity contribution in [1.29, 1.82) is 0 Å². The lowest BCUT2D eigenvalue weighted by Gasteiger charge is -2.38. The zero-order valence-electron chi connectivity index (χ0n) is 11.5. The van der Waals surface area contributed by atoms with Crippen molar-refractivity contribution in [2.24, 2.45) is 0 Å². The van der Waals surface area contributed by atoms with Gasteiger partial charge in [0.2, 0.25) is 0 Å². The lowest BCUT2D eigenvalue weighted by atomic mass is 10.00. The van der Waals surface area contributed by atoms with E-state index in [0.29, 0.717) is 0 Å². The molecule has 3 N–H and O–H groups in total. The van der Waals surface area contributed by atoms with Crippen molar-refractivity contribution >= 4 is 12.0 Å². The number of aliphatic hydroxyl groups is 3. The fourth-order valence-electron chi connectivity index (χ4n) is 2.05. The van der Waals surface area contributed by atoms with E-state index < -0.39 is 36.7 Å². The van der Waals surface area contributed by atoms with Crippen molar-refractivity contribution in [2.75, 3.05) is 0 Å². The Hall–Kier alpha value is -1.73. The van der Waals surface area contributed by atoms with Gasteiger partial charge >= 0.3 is 5.97 Å². The molecule has 0 unspecified atom stereocenters. The molecule has 0 aromatic heterocycles. The Morgan fingerprint density at radius 1 is 1.19 bits per heavy atom. The number of esters is 1. The second kappa shape index (κ2) is 6.82. The first-order valence-corrected chi connectivity index (χ1v) is 6.62. The van der Waals surface area contributed by atoms with Crippen LogP contribution in [0.5, 0.6) is 0 Å². The van der Waals surface area contributed by atoms with Gasteiger partial charge in [0.05, 0.1) is 6.10 Å². The van der Waals surface area contributed by atoms with Crippen molar-refractivity contribution < 1.29 is 29.6 Å². The lowest BCUT2D eigenvalue weighted by Crippen LogP contribution is -2.58. The Morgan fingerprint density at radius 2 is 1.86 bits per heavy atom. The SMILES string of the molecule is C[C@@H]1O[C@@H](O)[C@H](O)[C@H](OC(=O)C=Cc2ccccc2)[C@H]1O. The van der Waals surface area contributed by atoms with E-state index in [4.69, 9.17) is 9.47 Å². The summed E-state index contributed by atoms with van der Waals surface area (Å²) in [6.07, 6.45) is -3.44.